The molecular weight excluding hydrogens is 324 g/mol. The molecule has 0 aliphatic carbocycles. The summed E-state index contributed by atoms with van der Waals surface area (Å²) in [4.78, 5) is 18.2. The minimum absolute atomic E-state index is 0.223. The molecule has 1 aliphatic heterocycles. The highest BCUT2D eigenvalue weighted by Gasteiger charge is 2.23. The maximum Gasteiger partial charge on any atom is 0.222 e. The second kappa shape index (κ2) is 8.70. The lowest BCUT2D eigenvalue weighted by atomic mass is 10.0. The van der Waals surface area contributed by atoms with Gasteiger partial charge in [0.1, 0.15) is 0 Å². The minimum atomic E-state index is 0.223. The predicted molar refractivity (Wildman–Crippen MR) is 107 cm³/mol. The largest absolute Gasteiger partial charge is 0.357 e. The third-order valence-electron chi connectivity index (χ3n) is 4.84. The van der Waals surface area contributed by atoms with Crippen LogP contribution in [0.2, 0.25) is 0 Å². The number of guanidine groups is 1. The molecule has 1 aliphatic rings. The Morgan fingerprint density at radius 3 is 2.85 bits per heavy atom. The highest BCUT2D eigenvalue weighted by Crippen LogP contribution is 2.18. The number of benzene rings is 2. The van der Waals surface area contributed by atoms with Crippen LogP contribution >= 0.6 is 0 Å². The van der Waals surface area contributed by atoms with Crippen LogP contribution in [-0.2, 0) is 11.2 Å². The third kappa shape index (κ3) is 4.54. The zero-order chi connectivity index (χ0) is 18.4. The fourth-order valence-electron chi connectivity index (χ4n) is 3.44. The van der Waals surface area contributed by atoms with Gasteiger partial charge >= 0.3 is 0 Å². The molecule has 1 fully saturated rings. The lowest BCUT2D eigenvalue weighted by Crippen LogP contribution is -2.51. The van der Waals surface area contributed by atoms with Crippen LogP contribution in [0.3, 0.4) is 0 Å². The summed E-state index contributed by atoms with van der Waals surface area (Å²) in [7, 11) is 1.86. The smallest absolute Gasteiger partial charge is 0.222 e. The number of piperidine rings is 1. The Morgan fingerprint density at radius 1 is 1.23 bits per heavy atom. The summed E-state index contributed by atoms with van der Waals surface area (Å²) in [6.07, 6.45) is 2.36. The van der Waals surface area contributed by atoms with Crippen LogP contribution in [0, 0.1) is 0 Å². The molecule has 0 bridgehead atoms. The van der Waals surface area contributed by atoms with Crippen LogP contribution in [-0.4, -0.2) is 49.5 Å². The van der Waals surface area contributed by atoms with Crippen molar-refractivity contribution in [1.82, 2.24) is 15.5 Å². The monoisotopic (exact) mass is 352 g/mol. The quantitative estimate of drug-likeness (QED) is 0.642. The van der Waals surface area contributed by atoms with E-state index in [1.54, 1.807) is 4.90 Å². The summed E-state index contributed by atoms with van der Waals surface area (Å²) in [6.45, 7) is 4.34. The van der Waals surface area contributed by atoms with Crippen LogP contribution in [0.1, 0.15) is 25.3 Å². The summed E-state index contributed by atoms with van der Waals surface area (Å²) in [5.74, 6) is 1.06. The van der Waals surface area contributed by atoms with Crippen molar-refractivity contribution >= 4 is 22.6 Å². The Balaban J connectivity index is 1.63. The van der Waals surface area contributed by atoms with E-state index in [2.05, 4.69) is 60.0 Å². The first-order chi connectivity index (χ1) is 12.7. The van der Waals surface area contributed by atoms with Crippen molar-refractivity contribution in [3.8, 4) is 0 Å². The number of rotatable bonds is 5. The first-order valence-electron chi connectivity index (χ1n) is 9.43. The van der Waals surface area contributed by atoms with Gasteiger partial charge in [-0.2, -0.15) is 0 Å². The Bertz CT molecular complexity index is 781. The molecule has 0 radical (unpaired) electrons. The number of hydrogen-bond donors (Lipinski definition) is 2. The molecule has 1 unspecified atom stereocenters. The topological polar surface area (TPSA) is 56.7 Å². The summed E-state index contributed by atoms with van der Waals surface area (Å²) < 4.78 is 0. The highest BCUT2D eigenvalue weighted by molar-refractivity contribution is 5.85. The van der Waals surface area contributed by atoms with E-state index in [1.807, 2.05) is 7.05 Å². The number of likely N-dealkylation sites (tertiary alicyclic amines) is 1. The maximum absolute atomic E-state index is 11.6. The molecule has 0 aromatic heterocycles. The maximum atomic E-state index is 11.6. The van der Waals surface area contributed by atoms with Gasteiger partial charge < -0.3 is 15.5 Å². The number of aliphatic imine (C=N–C) groups is 1. The Morgan fingerprint density at radius 2 is 2.04 bits per heavy atom. The lowest BCUT2D eigenvalue weighted by Gasteiger charge is -2.31. The fourth-order valence-corrected chi connectivity index (χ4v) is 3.44. The normalized spacial score (nSPS) is 18.2. The number of amides is 1. The molecule has 0 spiro atoms. The van der Waals surface area contributed by atoms with E-state index < -0.39 is 0 Å². The van der Waals surface area contributed by atoms with Gasteiger partial charge in [-0.05, 0) is 36.1 Å². The van der Waals surface area contributed by atoms with Gasteiger partial charge in [0.15, 0.2) is 5.96 Å². The molecular formula is C21H28N4O. The average Bonchev–Trinajstić information content (AvgIpc) is 2.65. The molecule has 0 saturated carbocycles. The zero-order valence-electron chi connectivity index (χ0n) is 15.7. The zero-order valence-corrected chi connectivity index (χ0v) is 15.7. The number of nitrogens with zero attached hydrogens (tertiary/aromatic N) is 2. The van der Waals surface area contributed by atoms with Gasteiger partial charge in [0, 0.05) is 39.1 Å². The fraction of sp³-hybridized carbons (Fsp3) is 0.429. The van der Waals surface area contributed by atoms with Crippen molar-refractivity contribution in [1.29, 1.82) is 0 Å². The molecule has 2 aromatic carbocycles. The van der Waals surface area contributed by atoms with Gasteiger partial charge in [-0.25, -0.2) is 0 Å². The second-order valence-electron chi connectivity index (χ2n) is 6.80. The van der Waals surface area contributed by atoms with Gasteiger partial charge in [0.05, 0.1) is 0 Å². The van der Waals surface area contributed by atoms with Gasteiger partial charge in [0.2, 0.25) is 5.91 Å². The molecule has 5 nitrogen and oxygen atoms in total. The SMILES string of the molecule is CCNC(=NCCc1cccc2ccccc12)NC1CCC(=O)N(C)C1. The first-order valence-corrected chi connectivity index (χ1v) is 9.43. The van der Waals surface area contributed by atoms with Gasteiger partial charge in [-0.15, -0.1) is 0 Å². The summed E-state index contributed by atoms with van der Waals surface area (Å²) in [6, 6.07) is 15.2. The van der Waals surface area contributed by atoms with Crippen molar-refractivity contribution in [2.45, 2.75) is 32.2 Å². The average molecular weight is 352 g/mol. The second-order valence-corrected chi connectivity index (χ2v) is 6.80. The number of fused-ring (bicyclic) bond motifs is 1. The van der Waals surface area contributed by atoms with Crippen LogP contribution in [0.4, 0.5) is 0 Å². The summed E-state index contributed by atoms with van der Waals surface area (Å²) in [5, 5.41) is 9.36. The molecule has 5 heteroatoms. The van der Waals surface area contributed by atoms with Crippen molar-refractivity contribution in [2.24, 2.45) is 4.99 Å². The molecule has 26 heavy (non-hydrogen) atoms. The van der Waals surface area contributed by atoms with E-state index in [0.29, 0.717) is 6.42 Å². The van der Waals surface area contributed by atoms with Gasteiger partial charge in [-0.1, -0.05) is 42.5 Å². The van der Waals surface area contributed by atoms with Crippen molar-refractivity contribution in [3.63, 3.8) is 0 Å². The highest BCUT2D eigenvalue weighted by atomic mass is 16.2. The van der Waals surface area contributed by atoms with E-state index in [4.69, 9.17) is 4.99 Å². The summed E-state index contributed by atoms with van der Waals surface area (Å²) >= 11 is 0. The lowest BCUT2D eigenvalue weighted by molar-refractivity contribution is -0.132. The van der Waals surface area contributed by atoms with Crippen LogP contribution in [0.25, 0.3) is 10.8 Å². The van der Waals surface area contributed by atoms with E-state index in [-0.39, 0.29) is 11.9 Å². The van der Waals surface area contributed by atoms with E-state index in [1.165, 1.54) is 16.3 Å². The van der Waals surface area contributed by atoms with E-state index >= 15 is 0 Å². The Hall–Kier alpha value is -2.56. The standard InChI is InChI=1S/C21H28N4O/c1-3-22-21(24-18-11-12-20(26)25(2)15-18)23-14-13-17-9-6-8-16-7-4-5-10-19(16)17/h4-10,18H,3,11-15H2,1-2H3,(H2,22,23,24). The van der Waals surface area contributed by atoms with Gasteiger partial charge in [0.25, 0.3) is 0 Å². The van der Waals surface area contributed by atoms with Gasteiger partial charge in [-0.3, -0.25) is 9.79 Å². The van der Waals surface area contributed by atoms with Crippen molar-refractivity contribution in [2.75, 3.05) is 26.7 Å². The molecule has 1 saturated heterocycles. The molecule has 1 heterocycles. The number of nitrogens with one attached hydrogen (secondary N) is 2. The molecule has 2 aromatic rings. The molecule has 1 atom stereocenters. The molecule has 138 valence electrons. The molecule has 3 rings (SSSR count). The van der Waals surface area contributed by atoms with Crippen molar-refractivity contribution < 1.29 is 4.79 Å². The Kier molecular flexibility index (Phi) is 6.10. The number of carbonyl (C=O) groups excluding carboxylic acids is 1. The molecule has 2 N–H and O–H groups in total. The third-order valence-corrected chi connectivity index (χ3v) is 4.84. The van der Waals surface area contributed by atoms with Crippen LogP contribution in [0.15, 0.2) is 47.5 Å². The number of carbonyl (C=O) groups is 1. The van der Waals surface area contributed by atoms with Crippen molar-refractivity contribution in [3.05, 3.63) is 48.0 Å². The number of likely N-dealkylation sites (N-methyl/N-ethyl adjacent to an activating group) is 1. The Labute approximate surface area is 155 Å². The first kappa shape index (κ1) is 18.2. The van der Waals surface area contributed by atoms with Crippen LogP contribution < -0.4 is 10.6 Å². The van der Waals surface area contributed by atoms with E-state index in [0.717, 1.165) is 38.4 Å². The molecule has 1 amide bonds. The predicted octanol–water partition coefficient (Wildman–Crippen LogP) is 2.56. The summed E-state index contributed by atoms with van der Waals surface area (Å²) in [5.41, 5.74) is 1.32. The number of hydrogen-bond acceptors (Lipinski definition) is 2. The minimum Gasteiger partial charge on any atom is -0.357 e. The van der Waals surface area contributed by atoms with Crippen LogP contribution in [0.5, 0.6) is 0 Å². The van der Waals surface area contributed by atoms with E-state index in [9.17, 15) is 4.79 Å².